The molecule has 0 spiro atoms. The van der Waals surface area contributed by atoms with E-state index in [0.717, 1.165) is 6.42 Å². The van der Waals surface area contributed by atoms with Crippen LogP contribution in [0.3, 0.4) is 0 Å². The molecule has 0 aromatic carbocycles. The molecule has 0 aliphatic heterocycles. The first-order valence-electron chi connectivity index (χ1n) is 4.32. The third-order valence-electron chi connectivity index (χ3n) is 2.41. The highest BCUT2D eigenvalue weighted by atomic mass is 15.4. The molecule has 2 unspecified atom stereocenters. The molecule has 0 aliphatic rings. The lowest BCUT2D eigenvalue weighted by molar-refractivity contribution is 0.337. The molecule has 0 bridgehead atoms. The predicted octanol–water partition coefficient (Wildman–Crippen LogP) is 1.47. The van der Waals surface area contributed by atoms with Crippen molar-refractivity contribution in [1.29, 1.82) is 0 Å². The third kappa shape index (κ3) is 1.75. The maximum atomic E-state index is 5.46. The molecule has 1 rings (SSSR count). The van der Waals surface area contributed by atoms with E-state index in [9.17, 15) is 0 Å². The summed E-state index contributed by atoms with van der Waals surface area (Å²) < 4.78 is 1.82. The van der Waals surface area contributed by atoms with Gasteiger partial charge < -0.3 is 5.73 Å². The van der Waals surface area contributed by atoms with E-state index in [-0.39, 0.29) is 0 Å². The number of nitrogen functional groups attached to an aromatic ring is 1. The molecule has 1 aromatic rings. The Labute approximate surface area is 72.8 Å². The Hall–Kier alpha value is -1.06. The van der Waals surface area contributed by atoms with Crippen LogP contribution in [0.2, 0.25) is 0 Å². The van der Waals surface area contributed by atoms with Crippen LogP contribution in [0.15, 0.2) is 6.20 Å². The molecule has 2 atom stereocenters. The van der Waals surface area contributed by atoms with Gasteiger partial charge in [-0.05, 0) is 12.8 Å². The van der Waals surface area contributed by atoms with Crippen LogP contribution in [0.5, 0.6) is 0 Å². The Morgan fingerprint density at radius 3 is 2.67 bits per heavy atom. The molecule has 4 heteroatoms. The zero-order valence-corrected chi connectivity index (χ0v) is 7.86. The van der Waals surface area contributed by atoms with E-state index < -0.39 is 0 Å². The van der Waals surface area contributed by atoms with E-state index in [0.29, 0.717) is 17.8 Å². The Kier molecular flexibility index (Phi) is 2.68. The second kappa shape index (κ2) is 3.56. The van der Waals surface area contributed by atoms with Crippen molar-refractivity contribution in [3.8, 4) is 0 Å². The van der Waals surface area contributed by atoms with Crippen molar-refractivity contribution in [3.05, 3.63) is 6.20 Å². The van der Waals surface area contributed by atoms with Gasteiger partial charge in [-0.3, -0.25) is 0 Å². The Balaban J connectivity index is 2.70. The molecular formula is C8H16N4. The van der Waals surface area contributed by atoms with Gasteiger partial charge in [-0.25, -0.2) is 4.68 Å². The Bertz CT molecular complexity index is 243. The number of anilines is 1. The number of nitrogens with zero attached hydrogens (tertiary/aromatic N) is 3. The molecule has 0 aliphatic carbocycles. The van der Waals surface area contributed by atoms with Gasteiger partial charge >= 0.3 is 0 Å². The molecule has 0 saturated heterocycles. The average Bonchev–Trinajstić information content (AvgIpc) is 2.49. The van der Waals surface area contributed by atoms with Crippen LogP contribution in [0, 0.1) is 5.92 Å². The molecule has 0 fully saturated rings. The van der Waals surface area contributed by atoms with E-state index in [1.54, 1.807) is 6.20 Å². The second-order valence-electron chi connectivity index (χ2n) is 3.25. The summed E-state index contributed by atoms with van der Waals surface area (Å²) in [6.45, 7) is 6.49. The van der Waals surface area contributed by atoms with Crippen LogP contribution < -0.4 is 5.73 Å². The predicted molar refractivity (Wildman–Crippen MR) is 48.6 cm³/mol. The highest BCUT2D eigenvalue weighted by molar-refractivity contribution is 5.20. The van der Waals surface area contributed by atoms with Crippen LogP contribution in [0.25, 0.3) is 0 Å². The van der Waals surface area contributed by atoms with Crippen molar-refractivity contribution in [2.24, 2.45) is 5.92 Å². The topological polar surface area (TPSA) is 56.7 Å². The Morgan fingerprint density at radius 1 is 1.58 bits per heavy atom. The van der Waals surface area contributed by atoms with Gasteiger partial charge in [0.2, 0.25) is 0 Å². The quantitative estimate of drug-likeness (QED) is 0.743. The van der Waals surface area contributed by atoms with Gasteiger partial charge in [0, 0.05) is 0 Å². The normalized spacial score (nSPS) is 15.9. The largest absolute Gasteiger partial charge is 0.381 e. The summed E-state index contributed by atoms with van der Waals surface area (Å²) in [6, 6.07) is 0.375. The minimum absolute atomic E-state index is 0.375. The molecule has 1 aromatic heterocycles. The summed E-state index contributed by atoms with van der Waals surface area (Å²) in [6.07, 6.45) is 2.91. The molecule has 0 amide bonds. The smallest absolute Gasteiger partial charge is 0.165 e. The van der Waals surface area contributed by atoms with Gasteiger partial charge in [-0.15, -0.1) is 5.10 Å². The molecular weight excluding hydrogens is 152 g/mol. The fraction of sp³-hybridized carbons (Fsp3) is 0.750. The molecule has 68 valence electrons. The molecule has 4 nitrogen and oxygen atoms in total. The summed E-state index contributed by atoms with van der Waals surface area (Å²) >= 11 is 0. The van der Waals surface area contributed by atoms with E-state index in [1.807, 2.05) is 4.68 Å². The summed E-state index contributed by atoms with van der Waals surface area (Å²) in [5.41, 5.74) is 5.46. The fourth-order valence-electron chi connectivity index (χ4n) is 1.09. The minimum atomic E-state index is 0.375. The van der Waals surface area contributed by atoms with E-state index >= 15 is 0 Å². The standard InChI is InChI=1S/C8H16N4/c1-4-6(2)7(3)12-5-8(9)10-11-12/h5-7H,4,9H2,1-3H3. The highest BCUT2D eigenvalue weighted by Crippen LogP contribution is 2.19. The van der Waals surface area contributed by atoms with Gasteiger partial charge in [0.1, 0.15) is 0 Å². The third-order valence-corrected chi connectivity index (χ3v) is 2.41. The average molecular weight is 168 g/mol. The number of aromatic nitrogens is 3. The second-order valence-corrected chi connectivity index (χ2v) is 3.25. The fourth-order valence-corrected chi connectivity index (χ4v) is 1.09. The zero-order chi connectivity index (χ0) is 9.14. The maximum absolute atomic E-state index is 5.46. The van der Waals surface area contributed by atoms with Crippen molar-refractivity contribution in [1.82, 2.24) is 15.0 Å². The molecule has 12 heavy (non-hydrogen) atoms. The van der Waals surface area contributed by atoms with Crippen LogP contribution in [0.1, 0.15) is 33.2 Å². The van der Waals surface area contributed by atoms with Crippen molar-refractivity contribution >= 4 is 5.82 Å². The van der Waals surface area contributed by atoms with Gasteiger partial charge in [-0.1, -0.05) is 25.5 Å². The monoisotopic (exact) mass is 168 g/mol. The van der Waals surface area contributed by atoms with Crippen molar-refractivity contribution < 1.29 is 0 Å². The number of nitrogens with two attached hydrogens (primary N) is 1. The van der Waals surface area contributed by atoms with Crippen molar-refractivity contribution in [3.63, 3.8) is 0 Å². The summed E-state index contributed by atoms with van der Waals surface area (Å²) in [5.74, 6) is 1.09. The number of hydrogen-bond acceptors (Lipinski definition) is 3. The summed E-state index contributed by atoms with van der Waals surface area (Å²) in [4.78, 5) is 0. The number of hydrogen-bond donors (Lipinski definition) is 1. The molecule has 1 heterocycles. The minimum Gasteiger partial charge on any atom is -0.381 e. The lowest BCUT2D eigenvalue weighted by Crippen LogP contribution is -2.13. The van der Waals surface area contributed by atoms with E-state index in [2.05, 4.69) is 31.1 Å². The van der Waals surface area contributed by atoms with E-state index in [1.165, 1.54) is 0 Å². The van der Waals surface area contributed by atoms with Gasteiger partial charge in [0.25, 0.3) is 0 Å². The highest BCUT2D eigenvalue weighted by Gasteiger charge is 2.12. The molecule has 0 radical (unpaired) electrons. The molecule has 2 N–H and O–H groups in total. The van der Waals surface area contributed by atoms with Crippen LogP contribution in [-0.4, -0.2) is 15.0 Å². The summed E-state index contributed by atoms with van der Waals surface area (Å²) in [5, 5.41) is 7.67. The summed E-state index contributed by atoms with van der Waals surface area (Å²) in [7, 11) is 0. The van der Waals surface area contributed by atoms with Crippen molar-refractivity contribution in [2.75, 3.05) is 5.73 Å². The van der Waals surface area contributed by atoms with Gasteiger partial charge in [0.05, 0.1) is 12.2 Å². The Morgan fingerprint density at radius 2 is 2.25 bits per heavy atom. The first-order valence-corrected chi connectivity index (χ1v) is 4.32. The van der Waals surface area contributed by atoms with Crippen molar-refractivity contribution in [2.45, 2.75) is 33.2 Å². The number of rotatable bonds is 3. The van der Waals surface area contributed by atoms with Crippen LogP contribution in [-0.2, 0) is 0 Å². The van der Waals surface area contributed by atoms with Gasteiger partial charge in [-0.2, -0.15) is 0 Å². The lowest BCUT2D eigenvalue weighted by Gasteiger charge is -2.17. The van der Waals surface area contributed by atoms with Gasteiger partial charge in [0.15, 0.2) is 5.82 Å². The first kappa shape index (κ1) is 9.03. The zero-order valence-electron chi connectivity index (χ0n) is 7.86. The first-order chi connectivity index (χ1) is 5.65. The van der Waals surface area contributed by atoms with E-state index in [4.69, 9.17) is 5.73 Å². The van der Waals surface area contributed by atoms with Crippen LogP contribution >= 0.6 is 0 Å². The SMILES string of the molecule is CCC(C)C(C)n1cc(N)nn1. The lowest BCUT2D eigenvalue weighted by atomic mass is 10.0. The van der Waals surface area contributed by atoms with Crippen LogP contribution in [0.4, 0.5) is 5.82 Å². The maximum Gasteiger partial charge on any atom is 0.165 e. The molecule has 0 saturated carbocycles.